The molecule has 11 heteroatoms. The molecule has 19 heavy (non-hydrogen) atoms. The number of ketones is 1. The zero-order chi connectivity index (χ0) is 15.4. The Kier molecular flexibility index (Phi) is 5.35. The van der Waals surface area contributed by atoms with Gasteiger partial charge in [0.15, 0.2) is 0 Å². The monoisotopic (exact) mass is 288 g/mol. The van der Waals surface area contributed by atoms with E-state index in [0.29, 0.717) is 0 Å². The van der Waals surface area contributed by atoms with Gasteiger partial charge in [-0.2, -0.15) is 8.78 Å². The normalized spacial score (nSPS) is 12.5. The molecule has 0 heterocycles. The summed E-state index contributed by atoms with van der Waals surface area (Å²) in [6.07, 6.45) is -5.67. The van der Waals surface area contributed by atoms with Crippen molar-refractivity contribution in [2.45, 2.75) is 32.3 Å². The summed E-state index contributed by atoms with van der Waals surface area (Å²) in [7, 11) is 0. The highest BCUT2D eigenvalue weighted by Crippen LogP contribution is 2.25. The lowest BCUT2D eigenvalue weighted by molar-refractivity contribution is -0.834. The van der Waals surface area contributed by atoms with Crippen LogP contribution in [0.4, 0.5) is 13.2 Å². The fourth-order valence-electron chi connectivity index (χ4n) is 0.827. The molecule has 0 spiro atoms. The highest BCUT2D eigenvalue weighted by molar-refractivity contribution is 5.80. The van der Waals surface area contributed by atoms with Crippen molar-refractivity contribution in [3.8, 4) is 0 Å². The second-order valence-electron chi connectivity index (χ2n) is 3.96. The highest BCUT2D eigenvalue weighted by atomic mass is 19.3. The van der Waals surface area contributed by atoms with Crippen molar-refractivity contribution in [1.29, 1.82) is 0 Å². The molecule has 0 radical (unpaired) electrons. The van der Waals surface area contributed by atoms with Crippen molar-refractivity contribution < 1.29 is 32.5 Å². The molecular weight excluding hydrogens is 277 g/mol. The minimum atomic E-state index is -4.38. The fourth-order valence-corrected chi connectivity index (χ4v) is 0.827. The van der Waals surface area contributed by atoms with Crippen molar-refractivity contribution >= 4 is 5.78 Å². The number of Topliss-reactive ketones (excluding diaryl/α,β-unsaturated/α-hetero) is 1. The molecule has 0 atom stereocenters. The van der Waals surface area contributed by atoms with Gasteiger partial charge in [0.25, 0.3) is 0 Å². The van der Waals surface area contributed by atoms with E-state index in [1.807, 2.05) is 0 Å². The van der Waals surface area contributed by atoms with E-state index in [0.717, 1.165) is 0 Å². The summed E-state index contributed by atoms with van der Waals surface area (Å²) in [4.78, 5) is 27.3. The van der Waals surface area contributed by atoms with E-state index in [9.17, 15) is 38.2 Å². The molecule has 0 N–H and O–H groups in total. The van der Waals surface area contributed by atoms with Crippen molar-refractivity contribution in [3.63, 3.8) is 0 Å². The van der Waals surface area contributed by atoms with Gasteiger partial charge in [-0.3, -0.25) is 25.0 Å². The van der Waals surface area contributed by atoms with Crippen LogP contribution in [0, 0.1) is 26.1 Å². The second kappa shape index (κ2) is 5.91. The Morgan fingerprint density at radius 3 is 1.95 bits per heavy atom. The number of carbonyl (C=O) groups excluding carboxylic acids is 1. The van der Waals surface area contributed by atoms with Crippen LogP contribution >= 0.6 is 0 Å². The first-order valence-electron chi connectivity index (χ1n) is 4.95. The Labute approximate surface area is 104 Å². The van der Waals surface area contributed by atoms with Gasteiger partial charge in [-0.25, -0.2) is 0 Å². The topological polar surface area (TPSA) is 113 Å². The summed E-state index contributed by atoms with van der Waals surface area (Å²) < 4.78 is 42.7. The fraction of sp³-hybridized carbons (Fsp3) is 0.875. The van der Waals surface area contributed by atoms with E-state index >= 15 is 0 Å². The predicted molar refractivity (Wildman–Crippen MR) is 53.2 cm³/mol. The van der Waals surface area contributed by atoms with Crippen LogP contribution in [-0.4, -0.2) is 34.3 Å². The van der Waals surface area contributed by atoms with E-state index in [-0.39, 0.29) is 0 Å². The lowest BCUT2D eigenvalue weighted by Crippen LogP contribution is -2.48. The molecule has 0 saturated carbocycles. The number of carbonyl (C=O) groups is 1. The van der Waals surface area contributed by atoms with Crippen LogP contribution in [0.1, 0.15) is 20.3 Å². The van der Waals surface area contributed by atoms with E-state index in [2.05, 4.69) is 4.74 Å². The van der Waals surface area contributed by atoms with Crippen LogP contribution in [0.15, 0.2) is 0 Å². The quantitative estimate of drug-likeness (QED) is 0.288. The number of alkyl halides is 3. The number of halogens is 3. The van der Waals surface area contributed by atoms with Crippen molar-refractivity contribution in [2.24, 2.45) is 5.92 Å². The molecule has 0 saturated heterocycles. The first-order chi connectivity index (χ1) is 8.42. The van der Waals surface area contributed by atoms with Gasteiger partial charge in [0.05, 0.1) is 6.42 Å². The predicted octanol–water partition coefficient (Wildman–Crippen LogP) is 1.39. The molecule has 0 aliphatic carbocycles. The average Bonchev–Trinajstić information content (AvgIpc) is 2.24. The van der Waals surface area contributed by atoms with Crippen molar-refractivity contribution in [1.82, 2.24) is 0 Å². The first kappa shape index (κ1) is 17.2. The lowest BCUT2D eigenvalue weighted by atomic mass is 10.1. The molecule has 0 aliphatic rings. The van der Waals surface area contributed by atoms with Gasteiger partial charge in [0.2, 0.25) is 6.61 Å². The number of hydrogen-bond donors (Lipinski definition) is 0. The Hall–Kier alpha value is -1.78. The molecule has 8 nitrogen and oxygen atoms in total. The third-order valence-corrected chi connectivity index (χ3v) is 2.05. The molecule has 0 bridgehead atoms. The molecule has 0 aliphatic heterocycles. The van der Waals surface area contributed by atoms with Crippen LogP contribution in [-0.2, 0) is 9.53 Å². The van der Waals surface area contributed by atoms with Crippen LogP contribution in [0.3, 0.4) is 0 Å². The molecule has 0 unspecified atom stereocenters. The minimum Gasteiger partial charge on any atom is -0.300 e. The lowest BCUT2D eigenvalue weighted by Gasteiger charge is -2.17. The van der Waals surface area contributed by atoms with Crippen molar-refractivity contribution in [3.05, 3.63) is 20.2 Å². The Morgan fingerprint density at radius 2 is 1.63 bits per heavy atom. The average molecular weight is 288 g/mol. The maximum atomic E-state index is 13.1. The van der Waals surface area contributed by atoms with Gasteiger partial charge in [-0.1, -0.05) is 18.2 Å². The standard InChI is InChI=1S/C8H11F3N2O6/c1-5(2)6(14)3-7(9,10)19-4-8(11,12(15)16)13(17)18/h5H,3-4H2,1-2H3. The molecule has 110 valence electrons. The van der Waals surface area contributed by atoms with Gasteiger partial charge in [-0.15, -0.1) is 0 Å². The molecule has 0 amide bonds. The molecule has 0 aromatic heterocycles. The molecule has 0 aromatic carbocycles. The third kappa shape index (κ3) is 4.77. The minimum absolute atomic E-state index is 0.754. The van der Waals surface area contributed by atoms with Gasteiger partial charge < -0.3 is 4.74 Å². The Bertz CT molecular complexity index is 373. The summed E-state index contributed by atoms with van der Waals surface area (Å²) in [5.41, 5.74) is 0. The number of nitrogens with zero attached hydrogens (tertiary/aromatic N) is 2. The van der Waals surface area contributed by atoms with Gasteiger partial charge in [-0.05, 0) is 0 Å². The Morgan fingerprint density at radius 1 is 1.21 bits per heavy atom. The zero-order valence-corrected chi connectivity index (χ0v) is 9.97. The summed E-state index contributed by atoms with van der Waals surface area (Å²) in [5.74, 6) is -6.07. The largest absolute Gasteiger partial charge is 0.637 e. The summed E-state index contributed by atoms with van der Waals surface area (Å²) in [6, 6.07) is 0. The number of nitro groups is 2. The van der Waals surface area contributed by atoms with Crippen LogP contribution < -0.4 is 0 Å². The van der Waals surface area contributed by atoms with E-state index in [1.54, 1.807) is 0 Å². The number of rotatable bonds is 8. The van der Waals surface area contributed by atoms with E-state index in [4.69, 9.17) is 0 Å². The third-order valence-electron chi connectivity index (χ3n) is 2.05. The van der Waals surface area contributed by atoms with Gasteiger partial charge >= 0.3 is 12.0 Å². The second-order valence-corrected chi connectivity index (χ2v) is 3.96. The molecular formula is C8H11F3N2O6. The van der Waals surface area contributed by atoms with Crippen LogP contribution in [0.25, 0.3) is 0 Å². The summed E-state index contributed by atoms with van der Waals surface area (Å²) in [6.45, 7) is 0.545. The Balaban J connectivity index is 4.73. The maximum absolute atomic E-state index is 13.1. The summed E-state index contributed by atoms with van der Waals surface area (Å²) in [5, 5.41) is 20.2. The summed E-state index contributed by atoms with van der Waals surface area (Å²) >= 11 is 0. The molecule has 0 aromatic rings. The molecule has 0 rings (SSSR count). The van der Waals surface area contributed by atoms with Crippen LogP contribution in [0.5, 0.6) is 0 Å². The van der Waals surface area contributed by atoms with Gasteiger partial charge in [0, 0.05) is 5.92 Å². The first-order valence-corrected chi connectivity index (χ1v) is 4.95. The zero-order valence-electron chi connectivity index (χ0n) is 9.97. The van der Waals surface area contributed by atoms with E-state index < -0.39 is 46.6 Å². The number of ether oxygens (including phenoxy) is 1. The maximum Gasteiger partial charge on any atom is 0.637 e. The smallest absolute Gasteiger partial charge is 0.300 e. The van der Waals surface area contributed by atoms with Crippen molar-refractivity contribution in [2.75, 3.05) is 6.61 Å². The van der Waals surface area contributed by atoms with Gasteiger partial charge in [0.1, 0.15) is 15.6 Å². The SMILES string of the molecule is CC(C)C(=O)CC(F)(F)OCC(F)([N+](=O)[O-])[N+](=O)[O-]. The van der Waals surface area contributed by atoms with Crippen LogP contribution in [0.2, 0.25) is 0 Å². The van der Waals surface area contributed by atoms with E-state index in [1.165, 1.54) is 13.8 Å². The highest BCUT2D eigenvalue weighted by Gasteiger charge is 2.60. The number of hydrogen-bond acceptors (Lipinski definition) is 6. The molecule has 0 fully saturated rings.